The molecule has 1 saturated heterocycles. The topological polar surface area (TPSA) is 119 Å². The van der Waals surface area contributed by atoms with E-state index in [0.717, 1.165) is 32.1 Å². The first-order chi connectivity index (χ1) is 15.0. The molecule has 1 aliphatic heterocycles. The molecule has 3 N–H and O–H groups in total. The van der Waals surface area contributed by atoms with E-state index in [1.165, 1.54) is 24.3 Å². The zero-order valence-electron chi connectivity index (χ0n) is 17.3. The number of nitrogens with zero attached hydrogens (tertiary/aromatic N) is 1. The van der Waals surface area contributed by atoms with Crippen molar-refractivity contribution in [1.82, 2.24) is 10.4 Å². The fraction of sp³-hybridized carbons (Fsp3) is 0.478. The number of allylic oxidation sites excluding steroid dienone is 2. The Labute approximate surface area is 180 Å². The van der Waals surface area contributed by atoms with E-state index in [2.05, 4.69) is 5.32 Å². The molecule has 3 amide bonds. The minimum Gasteiger partial charge on any atom is -0.352 e. The van der Waals surface area contributed by atoms with Gasteiger partial charge in [-0.15, -0.1) is 5.06 Å². The Morgan fingerprint density at radius 2 is 1.52 bits per heavy atom. The van der Waals surface area contributed by atoms with Gasteiger partial charge >= 0.3 is 5.97 Å². The molecule has 4 rings (SSSR count). The highest BCUT2D eigenvalue weighted by Gasteiger charge is 2.60. The second-order valence-corrected chi connectivity index (χ2v) is 8.39. The van der Waals surface area contributed by atoms with Crippen LogP contribution in [-0.2, 0) is 14.4 Å². The highest BCUT2D eigenvalue weighted by atomic mass is 16.7. The second kappa shape index (κ2) is 9.01. The molecule has 8 nitrogen and oxygen atoms in total. The van der Waals surface area contributed by atoms with Crippen LogP contribution in [0.2, 0.25) is 0 Å². The van der Waals surface area contributed by atoms with Crippen molar-refractivity contribution < 1.29 is 24.0 Å². The molecule has 164 valence electrons. The monoisotopic (exact) mass is 425 g/mol. The van der Waals surface area contributed by atoms with E-state index in [9.17, 15) is 19.2 Å². The molecule has 0 radical (unpaired) electrons. The minimum absolute atomic E-state index is 0.0496. The second-order valence-electron chi connectivity index (χ2n) is 8.39. The number of carbonyl (C=O) groups is 4. The maximum atomic E-state index is 12.6. The first-order valence-corrected chi connectivity index (χ1v) is 10.9. The van der Waals surface area contributed by atoms with Gasteiger partial charge in [-0.25, -0.2) is 4.79 Å². The molecule has 1 aromatic carbocycles. The van der Waals surface area contributed by atoms with Crippen LogP contribution >= 0.6 is 0 Å². The van der Waals surface area contributed by atoms with Crippen molar-refractivity contribution in [2.24, 2.45) is 29.4 Å². The number of nitrogens with two attached hydrogens (primary N) is 1. The van der Waals surface area contributed by atoms with Crippen molar-refractivity contribution in [2.75, 3.05) is 13.1 Å². The van der Waals surface area contributed by atoms with Crippen molar-refractivity contribution >= 4 is 23.7 Å². The van der Waals surface area contributed by atoms with Crippen LogP contribution < -0.4 is 11.1 Å². The molecule has 8 heteroatoms. The van der Waals surface area contributed by atoms with Gasteiger partial charge in [-0.1, -0.05) is 25.0 Å². The number of hydroxylamine groups is 2. The predicted octanol–water partition coefficient (Wildman–Crippen LogP) is 1.81. The third-order valence-electron chi connectivity index (χ3n) is 6.40. The summed E-state index contributed by atoms with van der Waals surface area (Å²) >= 11 is 0. The summed E-state index contributed by atoms with van der Waals surface area (Å²) in [5.74, 6) is -2.64. The van der Waals surface area contributed by atoms with Crippen LogP contribution in [0, 0.1) is 23.7 Å². The van der Waals surface area contributed by atoms with Crippen LogP contribution in [-0.4, -0.2) is 41.8 Å². The van der Waals surface area contributed by atoms with Crippen molar-refractivity contribution in [3.63, 3.8) is 0 Å². The number of rotatable bonds is 9. The summed E-state index contributed by atoms with van der Waals surface area (Å²) in [6.07, 6.45) is 8.69. The molecule has 4 atom stereocenters. The number of hydrogen-bond donors (Lipinski definition) is 2. The molecule has 3 aliphatic rings. The van der Waals surface area contributed by atoms with E-state index in [1.807, 2.05) is 12.2 Å². The summed E-state index contributed by atoms with van der Waals surface area (Å²) in [5.41, 5.74) is 6.04. The van der Waals surface area contributed by atoms with Gasteiger partial charge in [-0.3, -0.25) is 14.4 Å². The Kier molecular flexibility index (Phi) is 6.18. The maximum absolute atomic E-state index is 12.6. The number of nitrogens with one attached hydrogen (secondary N) is 1. The van der Waals surface area contributed by atoms with Crippen molar-refractivity contribution in [3.8, 4) is 0 Å². The van der Waals surface area contributed by atoms with E-state index < -0.39 is 29.6 Å². The van der Waals surface area contributed by atoms with Gasteiger partial charge in [-0.05, 0) is 61.9 Å². The van der Waals surface area contributed by atoms with Gasteiger partial charge in [0, 0.05) is 12.1 Å². The molecule has 2 fully saturated rings. The summed E-state index contributed by atoms with van der Waals surface area (Å²) in [5, 5.41) is 3.48. The Hall–Kier alpha value is -3.00. The molecule has 1 aromatic rings. The highest BCUT2D eigenvalue weighted by Crippen LogP contribution is 2.52. The lowest BCUT2D eigenvalue weighted by Gasteiger charge is -2.15. The molecular weight excluding hydrogens is 398 g/mol. The highest BCUT2D eigenvalue weighted by molar-refractivity contribution is 6.07. The van der Waals surface area contributed by atoms with Crippen molar-refractivity contribution in [2.45, 2.75) is 32.1 Å². The van der Waals surface area contributed by atoms with E-state index >= 15 is 0 Å². The first kappa shape index (κ1) is 21.2. The lowest BCUT2D eigenvalue weighted by Crippen LogP contribution is -2.35. The Bertz CT molecular complexity index is 880. The van der Waals surface area contributed by atoms with Crippen LogP contribution in [0.5, 0.6) is 0 Å². The number of imide groups is 1. The van der Waals surface area contributed by atoms with Crippen LogP contribution in [0.4, 0.5) is 0 Å². The summed E-state index contributed by atoms with van der Waals surface area (Å²) in [4.78, 5) is 55.1. The molecule has 2 aliphatic carbocycles. The van der Waals surface area contributed by atoms with Gasteiger partial charge in [0.05, 0.1) is 17.4 Å². The fourth-order valence-electron chi connectivity index (χ4n) is 4.79. The lowest BCUT2D eigenvalue weighted by atomic mass is 9.85. The van der Waals surface area contributed by atoms with Crippen molar-refractivity contribution in [1.29, 1.82) is 0 Å². The Balaban J connectivity index is 1.29. The van der Waals surface area contributed by atoms with Gasteiger partial charge in [-0.2, -0.15) is 0 Å². The smallest absolute Gasteiger partial charge is 0.352 e. The van der Waals surface area contributed by atoms with Gasteiger partial charge in [0.2, 0.25) is 0 Å². The summed E-state index contributed by atoms with van der Waals surface area (Å²) < 4.78 is 0. The standard InChI is InChI=1S/C23H27N3O5/c24-11-3-1-2-4-12-25-20(27)14-5-7-15(8-6-14)23(30)31-26-21(28)18-16-9-10-17(13-16)19(18)22(26)29/h5-10,16-19H,1-4,11-13,24H2,(H,25,27). The number of hydrogen-bond acceptors (Lipinski definition) is 6. The number of benzene rings is 1. The van der Waals surface area contributed by atoms with Gasteiger partial charge in [0.25, 0.3) is 17.7 Å². The number of unbranched alkanes of at least 4 members (excludes halogenated alkanes) is 3. The first-order valence-electron chi connectivity index (χ1n) is 10.9. The van der Waals surface area contributed by atoms with Gasteiger partial charge in [0.15, 0.2) is 0 Å². The zero-order chi connectivity index (χ0) is 22.0. The zero-order valence-corrected chi connectivity index (χ0v) is 17.3. The summed E-state index contributed by atoms with van der Waals surface area (Å²) in [7, 11) is 0. The Morgan fingerprint density at radius 3 is 2.13 bits per heavy atom. The normalized spacial score (nSPS) is 25.8. The molecule has 2 bridgehead atoms. The number of fused-ring (bicyclic) bond motifs is 5. The molecule has 1 saturated carbocycles. The molecule has 0 aromatic heterocycles. The summed E-state index contributed by atoms with van der Waals surface area (Å²) in [6.45, 7) is 1.26. The number of carbonyl (C=O) groups excluding carboxylic acids is 4. The van der Waals surface area contributed by atoms with Crippen LogP contribution in [0.15, 0.2) is 36.4 Å². The number of amides is 3. The van der Waals surface area contributed by atoms with Crippen molar-refractivity contribution in [3.05, 3.63) is 47.5 Å². The maximum Gasteiger partial charge on any atom is 0.363 e. The third kappa shape index (κ3) is 4.12. The predicted molar refractivity (Wildman–Crippen MR) is 111 cm³/mol. The van der Waals surface area contributed by atoms with Crippen LogP contribution in [0.25, 0.3) is 0 Å². The fourth-order valence-corrected chi connectivity index (χ4v) is 4.79. The largest absolute Gasteiger partial charge is 0.363 e. The van der Waals surface area contributed by atoms with Crippen LogP contribution in [0.3, 0.4) is 0 Å². The third-order valence-corrected chi connectivity index (χ3v) is 6.40. The van der Waals surface area contributed by atoms with Gasteiger partial charge in [0.1, 0.15) is 0 Å². The Morgan fingerprint density at radius 1 is 0.935 bits per heavy atom. The summed E-state index contributed by atoms with van der Waals surface area (Å²) in [6, 6.07) is 5.95. The molecule has 0 spiro atoms. The average Bonchev–Trinajstić information content (AvgIpc) is 3.46. The molecular formula is C23H27N3O5. The quantitative estimate of drug-likeness (QED) is 0.354. The van der Waals surface area contributed by atoms with E-state index in [0.29, 0.717) is 23.7 Å². The average molecular weight is 425 g/mol. The molecule has 31 heavy (non-hydrogen) atoms. The molecule has 4 unspecified atom stereocenters. The van der Waals surface area contributed by atoms with E-state index in [1.54, 1.807) is 0 Å². The van der Waals surface area contributed by atoms with Gasteiger partial charge < -0.3 is 15.9 Å². The van der Waals surface area contributed by atoms with E-state index in [-0.39, 0.29) is 23.3 Å². The molecule has 1 heterocycles. The van der Waals surface area contributed by atoms with E-state index in [4.69, 9.17) is 10.6 Å². The lowest BCUT2D eigenvalue weighted by molar-refractivity contribution is -0.175. The minimum atomic E-state index is -0.797. The SMILES string of the molecule is NCCCCCCNC(=O)c1ccc(C(=O)ON2C(=O)C3C4C=CC(C4)C3C2=O)cc1. The van der Waals surface area contributed by atoms with Crippen LogP contribution in [0.1, 0.15) is 52.8 Å².